The van der Waals surface area contributed by atoms with Crippen molar-refractivity contribution in [3.8, 4) is 0 Å². The number of hydrogen-bond donors (Lipinski definition) is 0. The van der Waals surface area contributed by atoms with Crippen LogP contribution < -0.4 is 0 Å². The maximum atomic E-state index is 12.7. The number of fused-ring (bicyclic) bond motifs is 1. The molecule has 104 valence electrons. The zero-order valence-corrected chi connectivity index (χ0v) is 12.3. The van der Waals surface area contributed by atoms with Gasteiger partial charge in [-0.3, -0.25) is 0 Å². The van der Waals surface area contributed by atoms with E-state index < -0.39 is 9.84 Å². The first kappa shape index (κ1) is 13.2. The number of sulfone groups is 1. The second-order valence-electron chi connectivity index (χ2n) is 6.14. The van der Waals surface area contributed by atoms with E-state index in [2.05, 4.69) is 0 Å². The third-order valence-corrected chi connectivity index (χ3v) is 7.13. The molecule has 1 aromatic carbocycles. The van der Waals surface area contributed by atoms with Gasteiger partial charge in [0, 0.05) is 0 Å². The van der Waals surface area contributed by atoms with Crippen LogP contribution in [0.25, 0.3) is 0 Å². The minimum absolute atomic E-state index is 0.0895. The second kappa shape index (κ2) is 4.93. The lowest BCUT2D eigenvalue weighted by molar-refractivity contribution is 0.485. The summed E-state index contributed by atoms with van der Waals surface area (Å²) in [6.45, 7) is 1.99. The molecule has 0 radical (unpaired) electrons. The quantitative estimate of drug-likeness (QED) is 0.826. The van der Waals surface area contributed by atoms with Gasteiger partial charge in [0.1, 0.15) is 0 Å². The number of rotatable bonds is 2. The van der Waals surface area contributed by atoms with Crippen molar-refractivity contribution >= 4 is 9.84 Å². The predicted octanol–water partition coefficient (Wildman–Crippen LogP) is 3.74. The Labute approximate surface area is 116 Å². The van der Waals surface area contributed by atoms with Gasteiger partial charge in [-0.05, 0) is 43.7 Å². The van der Waals surface area contributed by atoms with E-state index in [0.29, 0.717) is 16.7 Å². The molecule has 3 heteroatoms. The van der Waals surface area contributed by atoms with E-state index in [0.717, 1.165) is 18.4 Å². The summed E-state index contributed by atoms with van der Waals surface area (Å²) < 4.78 is 25.4. The van der Waals surface area contributed by atoms with E-state index in [9.17, 15) is 8.42 Å². The van der Waals surface area contributed by atoms with E-state index in [1.54, 1.807) is 12.1 Å². The van der Waals surface area contributed by atoms with Crippen molar-refractivity contribution in [3.63, 3.8) is 0 Å². The lowest BCUT2D eigenvalue weighted by Crippen LogP contribution is -2.10. The lowest BCUT2D eigenvalue weighted by atomic mass is 10.0. The fourth-order valence-electron chi connectivity index (χ4n) is 3.63. The van der Waals surface area contributed by atoms with Gasteiger partial charge in [0.05, 0.1) is 10.1 Å². The molecule has 0 spiro atoms. The zero-order valence-electron chi connectivity index (χ0n) is 11.5. The molecule has 2 atom stereocenters. The Balaban J connectivity index is 1.83. The van der Waals surface area contributed by atoms with Gasteiger partial charge in [0.2, 0.25) is 0 Å². The van der Waals surface area contributed by atoms with Crippen molar-refractivity contribution in [3.05, 3.63) is 29.8 Å². The van der Waals surface area contributed by atoms with E-state index >= 15 is 0 Å². The van der Waals surface area contributed by atoms with Crippen LogP contribution in [0, 0.1) is 18.8 Å². The largest absolute Gasteiger partial charge is 0.223 e. The van der Waals surface area contributed by atoms with Crippen LogP contribution in [0.15, 0.2) is 29.2 Å². The van der Waals surface area contributed by atoms with Gasteiger partial charge in [-0.25, -0.2) is 8.42 Å². The second-order valence-corrected chi connectivity index (χ2v) is 8.25. The van der Waals surface area contributed by atoms with Crippen molar-refractivity contribution in [1.82, 2.24) is 0 Å². The molecule has 2 fully saturated rings. The maximum Gasteiger partial charge on any atom is 0.181 e. The maximum absolute atomic E-state index is 12.7. The highest BCUT2D eigenvalue weighted by molar-refractivity contribution is 7.92. The van der Waals surface area contributed by atoms with Gasteiger partial charge in [0.15, 0.2) is 9.84 Å². The molecule has 2 unspecified atom stereocenters. The molecular weight excluding hydrogens is 256 g/mol. The van der Waals surface area contributed by atoms with Crippen LogP contribution in [0.3, 0.4) is 0 Å². The molecule has 0 bridgehead atoms. The molecule has 0 aliphatic heterocycles. The Morgan fingerprint density at radius 2 is 1.42 bits per heavy atom. The van der Waals surface area contributed by atoms with Crippen LogP contribution in [0.1, 0.15) is 44.1 Å². The van der Waals surface area contributed by atoms with Gasteiger partial charge in [-0.1, -0.05) is 43.4 Å². The Hall–Kier alpha value is -0.830. The Bertz CT molecular complexity index is 531. The summed E-state index contributed by atoms with van der Waals surface area (Å²) in [6, 6.07) is 7.35. The smallest absolute Gasteiger partial charge is 0.181 e. The molecule has 0 saturated heterocycles. The number of hydrogen-bond acceptors (Lipinski definition) is 2. The highest BCUT2D eigenvalue weighted by Crippen LogP contribution is 2.53. The van der Waals surface area contributed by atoms with Gasteiger partial charge < -0.3 is 0 Å². The first-order valence-electron chi connectivity index (χ1n) is 7.41. The van der Waals surface area contributed by atoms with Crippen molar-refractivity contribution in [2.24, 2.45) is 11.8 Å². The first-order valence-corrected chi connectivity index (χ1v) is 8.96. The molecule has 2 aliphatic rings. The number of aryl methyl sites for hydroxylation is 1. The molecule has 2 aliphatic carbocycles. The lowest BCUT2D eigenvalue weighted by Gasteiger charge is -2.04. The Kier molecular flexibility index (Phi) is 3.42. The summed E-state index contributed by atoms with van der Waals surface area (Å²) >= 11 is 0. The topological polar surface area (TPSA) is 34.1 Å². The fourth-order valence-corrected chi connectivity index (χ4v) is 5.96. The van der Waals surface area contributed by atoms with E-state index in [-0.39, 0.29) is 5.25 Å². The molecule has 3 rings (SSSR count). The van der Waals surface area contributed by atoms with Crippen molar-refractivity contribution in [2.75, 3.05) is 0 Å². The Morgan fingerprint density at radius 1 is 0.895 bits per heavy atom. The zero-order chi connectivity index (χ0) is 13.5. The van der Waals surface area contributed by atoms with Crippen molar-refractivity contribution in [2.45, 2.75) is 55.6 Å². The summed E-state index contributed by atoms with van der Waals surface area (Å²) in [5.74, 6) is 0.873. The summed E-state index contributed by atoms with van der Waals surface area (Å²) in [6.07, 6.45) is 7.20. The van der Waals surface area contributed by atoms with Crippen molar-refractivity contribution in [1.29, 1.82) is 0 Å². The molecule has 2 saturated carbocycles. The van der Waals surface area contributed by atoms with Crippen LogP contribution in [0.5, 0.6) is 0 Å². The van der Waals surface area contributed by atoms with E-state index in [4.69, 9.17) is 0 Å². The molecule has 1 aromatic rings. The predicted molar refractivity (Wildman–Crippen MR) is 76.8 cm³/mol. The van der Waals surface area contributed by atoms with Gasteiger partial charge in [-0.2, -0.15) is 0 Å². The van der Waals surface area contributed by atoms with Crippen LogP contribution in [-0.2, 0) is 9.84 Å². The van der Waals surface area contributed by atoms with E-state index in [1.165, 1.54) is 25.7 Å². The fraction of sp³-hybridized carbons (Fsp3) is 0.625. The van der Waals surface area contributed by atoms with Gasteiger partial charge in [0.25, 0.3) is 0 Å². The van der Waals surface area contributed by atoms with Crippen LogP contribution >= 0.6 is 0 Å². The SMILES string of the molecule is Cc1ccc(S(=O)(=O)C2C3CCCCCCC32)cc1. The summed E-state index contributed by atoms with van der Waals surface area (Å²) in [7, 11) is -3.10. The summed E-state index contributed by atoms with van der Waals surface area (Å²) in [5, 5.41) is -0.0895. The Morgan fingerprint density at radius 3 is 1.95 bits per heavy atom. The number of benzene rings is 1. The van der Waals surface area contributed by atoms with Crippen LogP contribution in [-0.4, -0.2) is 13.7 Å². The molecule has 0 aromatic heterocycles. The van der Waals surface area contributed by atoms with Crippen molar-refractivity contribution < 1.29 is 8.42 Å². The summed E-state index contributed by atoms with van der Waals surface area (Å²) in [5.41, 5.74) is 1.11. The standard InChI is InChI=1S/C16H22O2S/c1-12-8-10-13(11-9-12)19(17,18)16-14-6-4-2-3-5-7-15(14)16/h8-11,14-16H,2-7H2,1H3. The minimum atomic E-state index is -3.10. The highest BCUT2D eigenvalue weighted by atomic mass is 32.2. The summed E-state index contributed by atoms with van der Waals surface area (Å²) in [4.78, 5) is 0.523. The normalized spacial score (nSPS) is 31.1. The average molecular weight is 278 g/mol. The molecule has 0 heterocycles. The minimum Gasteiger partial charge on any atom is -0.223 e. The third-order valence-electron chi connectivity index (χ3n) is 4.79. The molecular formula is C16H22O2S. The third kappa shape index (κ3) is 2.45. The molecule has 0 N–H and O–H groups in total. The molecule has 2 nitrogen and oxygen atoms in total. The van der Waals surface area contributed by atoms with Crippen LogP contribution in [0.2, 0.25) is 0 Å². The molecule has 19 heavy (non-hydrogen) atoms. The van der Waals surface area contributed by atoms with E-state index in [1.807, 2.05) is 19.1 Å². The monoisotopic (exact) mass is 278 g/mol. The average Bonchev–Trinajstić information content (AvgIpc) is 3.02. The first-order chi connectivity index (χ1) is 9.10. The van der Waals surface area contributed by atoms with Gasteiger partial charge >= 0.3 is 0 Å². The highest BCUT2D eigenvalue weighted by Gasteiger charge is 2.56. The molecule has 0 amide bonds. The van der Waals surface area contributed by atoms with Gasteiger partial charge in [-0.15, -0.1) is 0 Å². The van der Waals surface area contributed by atoms with Crippen LogP contribution in [0.4, 0.5) is 0 Å².